The Balaban J connectivity index is 2.61. The second kappa shape index (κ2) is 3.53. The summed E-state index contributed by atoms with van der Waals surface area (Å²) >= 11 is 0. The number of fused-ring (bicyclic) bond motifs is 1. The minimum atomic E-state index is -0.414. The SMILES string of the molecule is CC(=O)c1c(O)oc2c1C(=O)CCCC2. The summed E-state index contributed by atoms with van der Waals surface area (Å²) in [4.78, 5) is 23.0. The molecule has 0 fully saturated rings. The van der Waals surface area contributed by atoms with Gasteiger partial charge in [0, 0.05) is 12.8 Å². The van der Waals surface area contributed by atoms with E-state index in [4.69, 9.17) is 4.42 Å². The van der Waals surface area contributed by atoms with Crippen molar-refractivity contribution in [3.63, 3.8) is 0 Å². The van der Waals surface area contributed by atoms with E-state index in [9.17, 15) is 14.7 Å². The Morgan fingerprint density at radius 2 is 2.00 bits per heavy atom. The molecule has 0 spiro atoms. The summed E-state index contributed by atoms with van der Waals surface area (Å²) < 4.78 is 5.06. The first-order valence-corrected chi connectivity index (χ1v) is 5.00. The van der Waals surface area contributed by atoms with E-state index in [1.165, 1.54) is 6.92 Å². The predicted molar refractivity (Wildman–Crippen MR) is 52.3 cm³/mol. The van der Waals surface area contributed by atoms with Gasteiger partial charge in [0.2, 0.25) is 0 Å². The summed E-state index contributed by atoms with van der Waals surface area (Å²) in [7, 11) is 0. The molecule has 1 heterocycles. The molecule has 0 unspecified atom stereocenters. The molecule has 0 radical (unpaired) electrons. The number of rotatable bonds is 1. The summed E-state index contributed by atoms with van der Waals surface area (Å²) in [6.07, 6.45) is 2.69. The molecular formula is C11H12O4. The van der Waals surface area contributed by atoms with Crippen LogP contribution in [0.2, 0.25) is 0 Å². The van der Waals surface area contributed by atoms with E-state index >= 15 is 0 Å². The average molecular weight is 208 g/mol. The third-order valence-corrected chi connectivity index (χ3v) is 2.65. The van der Waals surface area contributed by atoms with Crippen molar-refractivity contribution >= 4 is 11.6 Å². The van der Waals surface area contributed by atoms with Crippen LogP contribution in [0.1, 0.15) is 52.7 Å². The highest BCUT2D eigenvalue weighted by Gasteiger charge is 2.29. The van der Waals surface area contributed by atoms with Gasteiger partial charge in [-0.05, 0) is 19.8 Å². The van der Waals surface area contributed by atoms with Crippen LogP contribution in [0, 0.1) is 0 Å². The molecule has 0 aliphatic heterocycles. The second-order valence-corrected chi connectivity index (χ2v) is 3.77. The zero-order valence-corrected chi connectivity index (χ0v) is 8.50. The van der Waals surface area contributed by atoms with Gasteiger partial charge in [0.1, 0.15) is 11.3 Å². The van der Waals surface area contributed by atoms with Crippen LogP contribution < -0.4 is 0 Å². The van der Waals surface area contributed by atoms with Crippen molar-refractivity contribution < 1.29 is 19.1 Å². The molecule has 1 aromatic heterocycles. The van der Waals surface area contributed by atoms with Crippen molar-refractivity contribution in [2.24, 2.45) is 0 Å². The second-order valence-electron chi connectivity index (χ2n) is 3.77. The Labute approximate surface area is 86.9 Å². The first-order valence-electron chi connectivity index (χ1n) is 5.00. The molecule has 0 atom stereocenters. The maximum absolute atomic E-state index is 11.7. The van der Waals surface area contributed by atoms with Gasteiger partial charge in [-0.1, -0.05) is 0 Å². The average Bonchev–Trinajstić information content (AvgIpc) is 2.40. The number of carbonyl (C=O) groups is 2. The van der Waals surface area contributed by atoms with Gasteiger partial charge in [-0.25, -0.2) is 0 Å². The van der Waals surface area contributed by atoms with Crippen molar-refractivity contribution in [2.45, 2.75) is 32.6 Å². The van der Waals surface area contributed by atoms with Crippen molar-refractivity contribution in [1.82, 2.24) is 0 Å². The summed E-state index contributed by atoms with van der Waals surface area (Å²) in [6, 6.07) is 0. The fourth-order valence-electron chi connectivity index (χ4n) is 1.96. The highest BCUT2D eigenvalue weighted by molar-refractivity contribution is 6.10. The Bertz CT molecular complexity index is 428. The number of aromatic hydroxyl groups is 1. The van der Waals surface area contributed by atoms with E-state index in [0.717, 1.165) is 12.8 Å². The van der Waals surface area contributed by atoms with Gasteiger partial charge < -0.3 is 9.52 Å². The van der Waals surface area contributed by atoms with Crippen LogP contribution in [-0.4, -0.2) is 16.7 Å². The normalized spacial score (nSPS) is 15.9. The third kappa shape index (κ3) is 1.56. The molecule has 1 aliphatic rings. The topological polar surface area (TPSA) is 67.5 Å². The third-order valence-electron chi connectivity index (χ3n) is 2.65. The number of hydrogen-bond donors (Lipinski definition) is 1. The standard InChI is InChI=1S/C11H12O4/c1-6(12)9-10-7(13)4-2-3-5-8(10)15-11(9)14/h14H,2-5H2,1H3. The first kappa shape index (κ1) is 9.96. The molecule has 4 nitrogen and oxygen atoms in total. The van der Waals surface area contributed by atoms with Gasteiger partial charge in [0.15, 0.2) is 11.6 Å². The lowest BCUT2D eigenvalue weighted by molar-refractivity contribution is 0.0960. The fraction of sp³-hybridized carbons (Fsp3) is 0.455. The maximum Gasteiger partial charge on any atom is 0.294 e. The van der Waals surface area contributed by atoms with Crippen molar-refractivity contribution in [3.05, 3.63) is 16.9 Å². The molecule has 4 heteroatoms. The molecule has 80 valence electrons. The molecule has 1 aliphatic carbocycles. The van der Waals surface area contributed by atoms with Gasteiger partial charge in [0.25, 0.3) is 5.95 Å². The minimum absolute atomic E-state index is 0.0527. The molecule has 0 amide bonds. The first-order chi connectivity index (χ1) is 7.11. The van der Waals surface area contributed by atoms with Crippen LogP contribution >= 0.6 is 0 Å². The van der Waals surface area contributed by atoms with Gasteiger partial charge in [-0.15, -0.1) is 0 Å². The summed E-state index contributed by atoms with van der Waals surface area (Å²) in [5.74, 6) is -0.382. The Morgan fingerprint density at radius 1 is 1.33 bits per heavy atom. The fourth-order valence-corrected chi connectivity index (χ4v) is 1.96. The summed E-state index contributed by atoms with van der Waals surface area (Å²) in [6.45, 7) is 1.32. The van der Waals surface area contributed by atoms with Crippen LogP contribution in [0.15, 0.2) is 4.42 Å². The smallest absolute Gasteiger partial charge is 0.294 e. The van der Waals surface area contributed by atoms with Crippen LogP contribution in [0.3, 0.4) is 0 Å². The summed E-state index contributed by atoms with van der Waals surface area (Å²) in [5.41, 5.74) is 0.356. The number of furan rings is 1. The number of carbonyl (C=O) groups excluding carboxylic acids is 2. The van der Waals surface area contributed by atoms with Crippen molar-refractivity contribution in [1.29, 1.82) is 0 Å². The monoisotopic (exact) mass is 208 g/mol. The van der Waals surface area contributed by atoms with E-state index in [0.29, 0.717) is 24.2 Å². The number of hydrogen-bond acceptors (Lipinski definition) is 4. The van der Waals surface area contributed by atoms with Gasteiger partial charge in [0.05, 0.1) is 5.56 Å². The Morgan fingerprint density at radius 3 is 2.67 bits per heavy atom. The van der Waals surface area contributed by atoms with Gasteiger partial charge in [-0.2, -0.15) is 0 Å². The largest absolute Gasteiger partial charge is 0.480 e. The lowest BCUT2D eigenvalue weighted by Gasteiger charge is -1.96. The number of aryl methyl sites for hydroxylation is 1. The molecular weight excluding hydrogens is 196 g/mol. The Hall–Kier alpha value is -1.58. The lowest BCUT2D eigenvalue weighted by Crippen LogP contribution is -2.04. The molecule has 0 saturated carbocycles. The van der Waals surface area contributed by atoms with E-state index in [1.54, 1.807) is 0 Å². The quantitative estimate of drug-likeness (QED) is 0.566. The Kier molecular flexibility index (Phi) is 2.34. The lowest BCUT2D eigenvalue weighted by atomic mass is 10.0. The van der Waals surface area contributed by atoms with E-state index in [1.807, 2.05) is 0 Å². The molecule has 0 aromatic carbocycles. The van der Waals surface area contributed by atoms with E-state index in [-0.39, 0.29) is 17.1 Å². The van der Waals surface area contributed by atoms with Gasteiger partial charge in [-0.3, -0.25) is 9.59 Å². The molecule has 15 heavy (non-hydrogen) atoms. The zero-order valence-electron chi connectivity index (χ0n) is 8.50. The summed E-state index contributed by atoms with van der Waals surface area (Å²) in [5, 5.41) is 9.44. The van der Waals surface area contributed by atoms with Crippen LogP contribution in [0.25, 0.3) is 0 Å². The maximum atomic E-state index is 11.7. The molecule has 2 rings (SSSR count). The molecule has 0 bridgehead atoms. The van der Waals surface area contributed by atoms with E-state index in [2.05, 4.69) is 0 Å². The zero-order chi connectivity index (χ0) is 11.0. The van der Waals surface area contributed by atoms with E-state index < -0.39 is 5.95 Å². The highest BCUT2D eigenvalue weighted by Crippen LogP contribution is 2.33. The number of ketones is 2. The van der Waals surface area contributed by atoms with Crippen molar-refractivity contribution in [2.75, 3.05) is 0 Å². The van der Waals surface area contributed by atoms with Crippen molar-refractivity contribution in [3.8, 4) is 5.95 Å². The molecule has 0 saturated heterocycles. The van der Waals surface area contributed by atoms with Gasteiger partial charge >= 0.3 is 0 Å². The van der Waals surface area contributed by atoms with Crippen LogP contribution in [0.5, 0.6) is 5.95 Å². The highest BCUT2D eigenvalue weighted by atomic mass is 16.5. The predicted octanol–water partition coefficient (Wildman–Crippen LogP) is 2.10. The molecule has 1 aromatic rings. The minimum Gasteiger partial charge on any atom is -0.480 e. The molecule has 1 N–H and O–H groups in total. The number of Topliss-reactive ketones (excluding diaryl/α,β-unsaturated/α-hetero) is 2. The van der Waals surface area contributed by atoms with Crippen LogP contribution in [0.4, 0.5) is 0 Å². The van der Waals surface area contributed by atoms with Crippen LogP contribution in [-0.2, 0) is 6.42 Å².